The quantitative estimate of drug-likeness (QED) is 0.904. The van der Waals surface area contributed by atoms with Crippen LogP contribution >= 0.6 is 0 Å². The Morgan fingerprint density at radius 3 is 2.24 bits per heavy atom. The average Bonchev–Trinajstić information content (AvgIpc) is 2.39. The topological polar surface area (TPSA) is 88.2 Å². The molecule has 21 heavy (non-hydrogen) atoms. The van der Waals surface area contributed by atoms with Gasteiger partial charge in [0, 0.05) is 17.1 Å². The number of sulfonamides is 1. The molecule has 0 aliphatic rings. The van der Waals surface area contributed by atoms with Crippen LogP contribution in [0.15, 0.2) is 42.5 Å². The zero-order valence-corrected chi connectivity index (χ0v) is 12.4. The predicted octanol–water partition coefficient (Wildman–Crippen LogP) is 2.01. The molecule has 2 aromatic rings. The second kappa shape index (κ2) is 5.92. The number of benzene rings is 1. The maximum atomic E-state index is 12.0. The number of aromatic nitrogens is 1. The number of carbonyl (C=O) groups excluding carboxylic acids is 1. The third kappa shape index (κ3) is 4.57. The highest BCUT2D eigenvalue weighted by Gasteiger charge is 2.08. The highest BCUT2D eigenvalue weighted by molar-refractivity contribution is 7.92. The van der Waals surface area contributed by atoms with Gasteiger partial charge in [0.25, 0.3) is 5.91 Å². The lowest BCUT2D eigenvalue weighted by Crippen LogP contribution is -2.14. The Hall–Kier alpha value is -2.41. The van der Waals surface area contributed by atoms with Gasteiger partial charge in [-0.2, -0.15) is 0 Å². The molecule has 0 atom stereocenters. The summed E-state index contributed by atoms with van der Waals surface area (Å²) in [6.45, 7) is 1.81. The number of anilines is 2. The van der Waals surface area contributed by atoms with Gasteiger partial charge in [-0.25, -0.2) is 13.4 Å². The van der Waals surface area contributed by atoms with E-state index in [1.807, 2.05) is 13.0 Å². The van der Waals surface area contributed by atoms with Gasteiger partial charge in [-0.05, 0) is 43.3 Å². The number of hydrogen-bond donors (Lipinski definition) is 2. The average molecular weight is 305 g/mol. The van der Waals surface area contributed by atoms with Crippen LogP contribution < -0.4 is 10.0 Å². The Labute approximate surface area is 123 Å². The number of amides is 1. The fourth-order valence-corrected chi connectivity index (χ4v) is 2.26. The van der Waals surface area contributed by atoms with Crippen LogP contribution in [0.4, 0.5) is 11.4 Å². The van der Waals surface area contributed by atoms with E-state index in [9.17, 15) is 13.2 Å². The molecule has 0 aliphatic carbocycles. The smallest absolute Gasteiger partial charge is 0.274 e. The van der Waals surface area contributed by atoms with Crippen molar-refractivity contribution in [3.05, 3.63) is 53.9 Å². The van der Waals surface area contributed by atoms with Crippen LogP contribution in [0.2, 0.25) is 0 Å². The van der Waals surface area contributed by atoms with Crippen molar-refractivity contribution in [2.75, 3.05) is 16.3 Å². The largest absolute Gasteiger partial charge is 0.321 e. The number of aryl methyl sites for hydroxylation is 1. The predicted molar refractivity (Wildman–Crippen MR) is 81.8 cm³/mol. The van der Waals surface area contributed by atoms with Crippen LogP contribution in [-0.2, 0) is 10.0 Å². The van der Waals surface area contributed by atoms with Gasteiger partial charge < -0.3 is 5.32 Å². The molecule has 1 heterocycles. The zero-order chi connectivity index (χ0) is 15.5. The molecule has 1 aromatic heterocycles. The molecule has 0 aliphatic heterocycles. The van der Waals surface area contributed by atoms with Gasteiger partial charge in [0.1, 0.15) is 5.69 Å². The molecule has 0 bridgehead atoms. The highest BCUT2D eigenvalue weighted by Crippen LogP contribution is 2.15. The van der Waals surface area contributed by atoms with E-state index in [0.717, 1.165) is 11.9 Å². The number of nitrogens with one attached hydrogen (secondary N) is 2. The Morgan fingerprint density at radius 2 is 1.67 bits per heavy atom. The lowest BCUT2D eigenvalue weighted by Gasteiger charge is -2.07. The van der Waals surface area contributed by atoms with Crippen LogP contribution in [-0.4, -0.2) is 25.6 Å². The molecule has 2 rings (SSSR count). The summed E-state index contributed by atoms with van der Waals surface area (Å²) in [5, 5.41) is 2.70. The van der Waals surface area contributed by atoms with Crippen molar-refractivity contribution in [2.45, 2.75) is 6.92 Å². The van der Waals surface area contributed by atoms with E-state index in [0.29, 0.717) is 17.1 Å². The van der Waals surface area contributed by atoms with E-state index >= 15 is 0 Å². The first-order valence-electron chi connectivity index (χ1n) is 6.16. The SMILES string of the molecule is Cc1cccc(C(=O)Nc2ccc(NS(C)(=O)=O)cc2)n1. The molecule has 0 unspecified atom stereocenters. The molecule has 0 radical (unpaired) electrons. The standard InChI is InChI=1S/C14H15N3O3S/c1-10-4-3-5-13(15-10)14(18)16-11-6-8-12(9-7-11)17-21(2,19)20/h3-9,17H,1-2H3,(H,16,18). The van der Waals surface area contributed by atoms with Crippen molar-refractivity contribution < 1.29 is 13.2 Å². The minimum Gasteiger partial charge on any atom is -0.321 e. The van der Waals surface area contributed by atoms with Gasteiger partial charge in [0.2, 0.25) is 10.0 Å². The number of rotatable bonds is 4. The molecule has 1 aromatic carbocycles. The van der Waals surface area contributed by atoms with E-state index in [-0.39, 0.29) is 5.91 Å². The summed E-state index contributed by atoms with van der Waals surface area (Å²) in [6, 6.07) is 11.6. The van der Waals surface area contributed by atoms with Gasteiger partial charge in [0.05, 0.1) is 6.26 Å². The molecule has 0 fully saturated rings. The second-order valence-electron chi connectivity index (χ2n) is 4.57. The van der Waals surface area contributed by atoms with Gasteiger partial charge in [0.15, 0.2) is 0 Å². The normalized spacial score (nSPS) is 11.0. The minimum absolute atomic E-state index is 0.317. The van der Waals surface area contributed by atoms with Crippen molar-refractivity contribution in [1.82, 2.24) is 4.98 Å². The number of nitrogens with zero attached hydrogens (tertiary/aromatic N) is 1. The molecule has 0 saturated heterocycles. The second-order valence-corrected chi connectivity index (χ2v) is 6.32. The van der Waals surface area contributed by atoms with Crippen LogP contribution in [0.5, 0.6) is 0 Å². The van der Waals surface area contributed by atoms with E-state index in [1.54, 1.807) is 36.4 Å². The van der Waals surface area contributed by atoms with Gasteiger partial charge in [-0.15, -0.1) is 0 Å². The van der Waals surface area contributed by atoms with Crippen LogP contribution in [0.1, 0.15) is 16.2 Å². The Bertz CT molecular complexity index is 755. The first kappa shape index (κ1) is 15.0. The Kier molecular flexibility index (Phi) is 4.23. The molecule has 7 heteroatoms. The zero-order valence-electron chi connectivity index (χ0n) is 11.6. The summed E-state index contributed by atoms with van der Waals surface area (Å²) in [7, 11) is -3.31. The summed E-state index contributed by atoms with van der Waals surface area (Å²) in [5.41, 5.74) is 2.08. The molecule has 1 amide bonds. The molecule has 2 N–H and O–H groups in total. The van der Waals surface area contributed by atoms with E-state index < -0.39 is 10.0 Å². The molecule has 0 spiro atoms. The first-order valence-corrected chi connectivity index (χ1v) is 8.05. The number of hydrogen-bond acceptors (Lipinski definition) is 4. The van der Waals surface area contributed by atoms with Crippen molar-refractivity contribution in [3.63, 3.8) is 0 Å². The van der Waals surface area contributed by atoms with Crippen molar-refractivity contribution >= 4 is 27.3 Å². The van der Waals surface area contributed by atoms with Crippen molar-refractivity contribution in [3.8, 4) is 0 Å². The molecular formula is C14H15N3O3S. The van der Waals surface area contributed by atoms with Crippen LogP contribution in [0.3, 0.4) is 0 Å². The summed E-state index contributed by atoms with van der Waals surface area (Å²) >= 11 is 0. The third-order valence-corrected chi connectivity index (χ3v) is 3.17. The number of pyridine rings is 1. The van der Waals surface area contributed by atoms with Gasteiger partial charge in [-0.3, -0.25) is 9.52 Å². The number of carbonyl (C=O) groups is 1. The lowest BCUT2D eigenvalue weighted by atomic mass is 10.2. The van der Waals surface area contributed by atoms with Gasteiger partial charge >= 0.3 is 0 Å². The van der Waals surface area contributed by atoms with Crippen molar-refractivity contribution in [2.24, 2.45) is 0 Å². The van der Waals surface area contributed by atoms with E-state index in [1.165, 1.54) is 0 Å². The van der Waals surface area contributed by atoms with E-state index in [2.05, 4.69) is 15.0 Å². The molecular weight excluding hydrogens is 290 g/mol. The maximum Gasteiger partial charge on any atom is 0.274 e. The van der Waals surface area contributed by atoms with E-state index in [4.69, 9.17) is 0 Å². The molecule has 6 nitrogen and oxygen atoms in total. The van der Waals surface area contributed by atoms with Gasteiger partial charge in [-0.1, -0.05) is 6.07 Å². The van der Waals surface area contributed by atoms with Crippen LogP contribution in [0.25, 0.3) is 0 Å². The molecule has 110 valence electrons. The fourth-order valence-electron chi connectivity index (χ4n) is 1.70. The summed E-state index contributed by atoms with van der Waals surface area (Å²) in [4.78, 5) is 16.1. The van der Waals surface area contributed by atoms with Crippen molar-refractivity contribution in [1.29, 1.82) is 0 Å². The first-order chi connectivity index (χ1) is 9.83. The summed E-state index contributed by atoms with van der Waals surface area (Å²) < 4.78 is 24.5. The maximum absolute atomic E-state index is 12.0. The lowest BCUT2D eigenvalue weighted by molar-refractivity contribution is 0.102. The monoisotopic (exact) mass is 305 g/mol. The molecule has 0 saturated carbocycles. The highest BCUT2D eigenvalue weighted by atomic mass is 32.2. The summed E-state index contributed by atoms with van der Waals surface area (Å²) in [6.07, 6.45) is 1.08. The Morgan fingerprint density at radius 1 is 1.05 bits per heavy atom. The Balaban J connectivity index is 2.08. The third-order valence-electron chi connectivity index (χ3n) is 2.57. The fraction of sp³-hybridized carbons (Fsp3) is 0.143. The summed E-state index contributed by atoms with van der Waals surface area (Å²) in [5.74, 6) is -0.317. The minimum atomic E-state index is -3.31. The van der Waals surface area contributed by atoms with Crippen LogP contribution in [0, 0.1) is 6.92 Å².